The van der Waals surface area contributed by atoms with Gasteiger partial charge in [0.2, 0.25) is 5.91 Å². The van der Waals surface area contributed by atoms with E-state index in [9.17, 15) is 4.79 Å². The zero-order valence-corrected chi connectivity index (χ0v) is 12.3. The summed E-state index contributed by atoms with van der Waals surface area (Å²) in [5.41, 5.74) is 2.76. The second-order valence-electron chi connectivity index (χ2n) is 5.08. The fourth-order valence-corrected chi connectivity index (χ4v) is 2.18. The van der Waals surface area contributed by atoms with Crippen LogP contribution in [0.25, 0.3) is 5.69 Å². The maximum absolute atomic E-state index is 12.0. The van der Waals surface area contributed by atoms with Crippen molar-refractivity contribution in [3.63, 3.8) is 0 Å². The number of amides is 1. The number of hydrogen-bond acceptors (Lipinski definition) is 3. The second-order valence-corrected chi connectivity index (χ2v) is 5.08. The van der Waals surface area contributed by atoms with Gasteiger partial charge in [0, 0.05) is 37.2 Å². The van der Waals surface area contributed by atoms with Gasteiger partial charge in [0.15, 0.2) is 0 Å². The third kappa shape index (κ3) is 3.41. The smallest absolute Gasteiger partial charge is 0.226 e. The molecule has 2 aromatic heterocycles. The molecule has 112 valence electrons. The third-order valence-electron chi connectivity index (χ3n) is 3.23. The number of carbonyl (C=O) groups excluding carboxylic acids is 1. The van der Waals surface area contributed by atoms with E-state index in [1.165, 1.54) is 0 Å². The fraction of sp³-hybridized carbons (Fsp3) is 0.188. The predicted octanol–water partition coefficient (Wildman–Crippen LogP) is 2.41. The van der Waals surface area contributed by atoms with Gasteiger partial charge in [-0.05, 0) is 36.8 Å². The first-order chi connectivity index (χ1) is 10.7. The average molecular weight is 295 g/mol. The number of nitrogens with zero attached hydrogens (tertiary/aromatic N) is 4. The maximum Gasteiger partial charge on any atom is 0.226 e. The van der Waals surface area contributed by atoms with Crippen molar-refractivity contribution < 1.29 is 4.79 Å². The molecule has 0 saturated heterocycles. The number of anilines is 1. The minimum Gasteiger partial charge on any atom is -0.326 e. The van der Waals surface area contributed by atoms with E-state index in [1.54, 1.807) is 21.8 Å². The molecule has 1 aromatic carbocycles. The first-order valence-corrected chi connectivity index (χ1v) is 7.10. The van der Waals surface area contributed by atoms with Gasteiger partial charge in [0.05, 0.1) is 11.9 Å². The quantitative estimate of drug-likeness (QED) is 0.786. The van der Waals surface area contributed by atoms with Crippen LogP contribution in [0.15, 0.2) is 55.1 Å². The minimum atomic E-state index is -0.0363. The van der Waals surface area contributed by atoms with Gasteiger partial charge in [-0.2, -0.15) is 10.2 Å². The molecular formula is C16H17N5O. The van der Waals surface area contributed by atoms with Crippen molar-refractivity contribution in [2.45, 2.75) is 19.9 Å². The molecule has 3 rings (SSSR count). The highest BCUT2D eigenvalue weighted by Crippen LogP contribution is 2.14. The summed E-state index contributed by atoms with van der Waals surface area (Å²) in [4.78, 5) is 12.0. The molecule has 0 aliphatic heterocycles. The first kappa shape index (κ1) is 14.1. The number of benzene rings is 1. The van der Waals surface area contributed by atoms with Crippen molar-refractivity contribution in [1.29, 1.82) is 0 Å². The van der Waals surface area contributed by atoms with Gasteiger partial charge < -0.3 is 5.32 Å². The zero-order valence-electron chi connectivity index (χ0n) is 12.3. The summed E-state index contributed by atoms with van der Waals surface area (Å²) in [7, 11) is 0. The fourth-order valence-electron chi connectivity index (χ4n) is 2.18. The predicted molar refractivity (Wildman–Crippen MR) is 83.8 cm³/mol. The van der Waals surface area contributed by atoms with E-state index in [4.69, 9.17) is 0 Å². The number of aromatic nitrogens is 4. The molecule has 6 nitrogen and oxygen atoms in total. The summed E-state index contributed by atoms with van der Waals surface area (Å²) in [6, 6.07) is 9.45. The molecule has 6 heteroatoms. The van der Waals surface area contributed by atoms with Crippen LogP contribution in [0.3, 0.4) is 0 Å². The van der Waals surface area contributed by atoms with Gasteiger partial charge in [-0.15, -0.1) is 0 Å². The molecule has 1 N–H and O–H groups in total. The van der Waals surface area contributed by atoms with Crippen LogP contribution in [0.5, 0.6) is 0 Å². The van der Waals surface area contributed by atoms with Gasteiger partial charge in [-0.3, -0.25) is 9.48 Å². The van der Waals surface area contributed by atoms with Crippen LogP contribution in [0.2, 0.25) is 0 Å². The number of hydrogen-bond donors (Lipinski definition) is 1. The molecule has 0 saturated carbocycles. The lowest BCUT2D eigenvalue weighted by Crippen LogP contribution is -2.14. The highest BCUT2D eigenvalue weighted by molar-refractivity contribution is 5.90. The minimum absolute atomic E-state index is 0.0363. The highest BCUT2D eigenvalue weighted by Gasteiger charge is 2.05. The van der Waals surface area contributed by atoms with Crippen molar-refractivity contribution in [3.8, 4) is 5.69 Å². The molecule has 0 aliphatic carbocycles. The topological polar surface area (TPSA) is 64.7 Å². The molecule has 22 heavy (non-hydrogen) atoms. The summed E-state index contributed by atoms with van der Waals surface area (Å²) >= 11 is 0. The van der Waals surface area contributed by atoms with E-state index in [2.05, 4.69) is 15.5 Å². The molecule has 0 bridgehead atoms. The SMILES string of the molecule is Cc1cnn(CCC(=O)Nc2cccc(-n3cccn3)c2)c1. The Morgan fingerprint density at radius 3 is 2.91 bits per heavy atom. The van der Waals surface area contributed by atoms with Crippen molar-refractivity contribution in [2.75, 3.05) is 5.32 Å². The van der Waals surface area contributed by atoms with Crippen LogP contribution in [0.1, 0.15) is 12.0 Å². The van der Waals surface area contributed by atoms with E-state index in [1.807, 2.05) is 49.6 Å². The molecule has 2 heterocycles. The Balaban J connectivity index is 1.60. The molecule has 1 amide bonds. The van der Waals surface area contributed by atoms with Crippen molar-refractivity contribution >= 4 is 11.6 Å². The summed E-state index contributed by atoms with van der Waals surface area (Å²) in [5.74, 6) is -0.0363. The number of aryl methyl sites for hydroxylation is 2. The second kappa shape index (κ2) is 6.26. The molecule has 0 aliphatic rings. The van der Waals surface area contributed by atoms with Crippen LogP contribution in [-0.4, -0.2) is 25.5 Å². The Labute approximate surface area is 128 Å². The van der Waals surface area contributed by atoms with Gasteiger partial charge in [0.1, 0.15) is 0 Å². The van der Waals surface area contributed by atoms with Crippen molar-refractivity contribution in [2.24, 2.45) is 0 Å². The van der Waals surface area contributed by atoms with Crippen LogP contribution >= 0.6 is 0 Å². The highest BCUT2D eigenvalue weighted by atomic mass is 16.1. The average Bonchev–Trinajstić information content (AvgIpc) is 3.17. The largest absolute Gasteiger partial charge is 0.326 e. The Bertz CT molecular complexity index is 760. The van der Waals surface area contributed by atoms with Crippen molar-refractivity contribution in [1.82, 2.24) is 19.6 Å². The third-order valence-corrected chi connectivity index (χ3v) is 3.23. The van der Waals surface area contributed by atoms with Gasteiger partial charge in [-0.1, -0.05) is 6.07 Å². The molecule has 0 fully saturated rings. The van der Waals surface area contributed by atoms with Gasteiger partial charge >= 0.3 is 0 Å². The Morgan fingerprint density at radius 2 is 2.18 bits per heavy atom. The van der Waals surface area contributed by atoms with E-state index >= 15 is 0 Å². The number of carbonyl (C=O) groups is 1. The van der Waals surface area contributed by atoms with Crippen LogP contribution in [0.4, 0.5) is 5.69 Å². The summed E-state index contributed by atoms with van der Waals surface area (Å²) in [6.07, 6.45) is 7.67. The standard InChI is InChI=1S/C16H17N5O/c1-13-11-18-20(12-13)9-6-16(22)19-14-4-2-5-15(10-14)21-8-3-7-17-21/h2-5,7-8,10-12H,6,9H2,1H3,(H,19,22). The first-order valence-electron chi connectivity index (χ1n) is 7.10. The normalized spacial score (nSPS) is 10.6. The van der Waals surface area contributed by atoms with Crippen LogP contribution < -0.4 is 5.32 Å². The molecule has 0 unspecified atom stereocenters. The van der Waals surface area contributed by atoms with Gasteiger partial charge in [0.25, 0.3) is 0 Å². The van der Waals surface area contributed by atoms with E-state index in [0.717, 1.165) is 16.9 Å². The lowest BCUT2D eigenvalue weighted by molar-refractivity contribution is -0.116. The summed E-state index contributed by atoms with van der Waals surface area (Å²) in [5, 5.41) is 11.2. The number of rotatable bonds is 5. The Kier molecular flexibility index (Phi) is 4.00. The van der Waals surface area contributed by atoms with E-state index in [-0.39, 0.29) is 5.91 Å². The molecular weight excluding hydrogens is 278 g/mol. The maximum atomic E-state index is 12.0. The molecule has 3 aromatic rings. The Hall–Kier alpha value is -2.89. The molecule has 0 spiro atoms. The zero-order chi connectivity index (χ0) is 15.4. The Morgan fingerprint density at radius 1 is 1.27 bits per heavy atom. The molecule has 0 radical (unpaired) electrons. The lowest BCUT2D eigenvalue weighted by Gasteiger charge is -2.08. The van der Waals surface area contributed by atoms with Crippen molar-refractivity contribution in [3.05, 3.63) is 60.7 Å². The lowest BCUT2D eigenvalue weighted by atomic mass is 10.2. The van der Waals surface area contributed by atoms with Gasteiger partial charge in [-0.25, -0.2) is 4.68 Å². The van der Waals surface area contributed by atoms with E-state index in [0.29, 0.717) is 13.0 Å². The monoisotopic (exact) mass is 295 g/mol. The van der Waals surface area contributed by atoms with E-state index < -0.39 is 0 Å². The number of nitrogens with one attached hydrogen (secondary N) is 1. The molecule has 0 atom stereocenters. The summed E-state index contributed by atoms with van der Waals surface area (Å²) < 4.78 is 3.53. The van der Waals surface area contributed by atoms with Crippen LogP contribution in [0, 0.1) is 6.92 Å². The summed E-state index contributed by atoms with van der Waals surface area (Å²) in [6.45, 7) is 2.54. The van der Waals surface area contributed by atoms with Crippen LogP contribution in [-0.2, 0) is 11.3 Å².